The van der Waals surface area contributed by atoms with Gasteiger partial charge in [0.2, 0.25) is 0 Å². The number of hydrogen-bond donors (Lipinski definition) is 0. The third kappa shape index (κ3) is 3.70. The maximum Gasteiger partial charge on any atom is 0.340 e. The molecule has 0 radical (unpaired) electrons. The lowest BCUT2D eigenvalue weighted by Crippen LogP contribution is -2.53. The van der Waals surface area contributed by atoms with Gasteiger partial charge in [0.15, 0.2) is 0 Å². The van der Waals surface area contributed by atoms with Crippen LogP contribution in [0.2, 0.25) is 0 Å². The largest absolute Gasteiger partial charge is 0.373 e. The maximum absolute atomic E-state index is 12.5. The van der Waals surface area contributed by atoms with Gasteiger partial charge < -0.3 is 9.47 Å². The second-order valence-corrected chi connectivity index (χ2v) is 5.80. The normalized spacial score (nSPS) is 22.7. The van der Waals surface area contributed by atoms with Crippen LogP contribution in [0.5, 0.6) is 0 Å². The first-order valence-electron chi connectivity index (χ1n) is 7.98. The van der Waals surface area contributed by atoms with Crippen molar-refractivity contribution in [2.24, 2.45) is 0 Å². The smallest absolute Gasteiger partial charge is 0.340 e. The summed E-state index contributed by atoms with van der Waals surface area (Å²) in [5, 5.41) is 0. The van der Waals surface area contributed by atoms with E-state index in [0.29, 0.717) is 32.5 Å². The van der Waals surface area contributed by atoms with Crippen molar-refractivity contribution in [1.82, 2.24) is 13.7 Å². The second kappa shape index (κ2) is 6.67. The maximum atomic E-state index is 12.5. The molecular weight excluding hydrogens is 302 g/mol. The van der Waals surface area contributed by atoms with E-state index in [4.69, 9.17) is 9.47 Å². The third-order valence-corrected chi connectivity index (χ3v) is 3.98. The molecule has 23 heavy (non-hydrogen) atoms. The van der Waals surface area contributed by atoms with E-state index >= 15 is 0 Å². The molecule has 8 heteroatoms. The molecule has 2 aliphatic heterocycles. The SMILES string of the molecule is CCC=Cn1c(=O)n(CCC2CO2)c(=O)n(CCC2CO2)c1=O. The zero-order chi connectivity index (χ0) is 16.4. The molecule has 0 saturated carbocycles. The lowest BCUT2D eigenvalue weighted by atomic mass is 10.3. The van der Waals surface area contributed by atoms with Gasteiger partial charge in [-0.25, -0.2) is 28.1 Å². The standard InChI is InChI=1S/C15H21N3O5/c1-2-3-6-16-13(19)17(7-4-11-9-22-11)15(21)18(14(16)20)8-5-12-10-23-12/h3,6,11-12H,2,4-5,7-10H2,1H3. The lowest BCUT2D eigenvalue weighted by Gasteiger charge is -2.11. The van der Waals surface area contributed by atoms with Crippen LogP contribution >= 0.6 is 0 Å². The highest BCUT2D eigenvalue weighted by molar-refractivity contribution is 5.20. The van der Waals surface area contributed by atoms with Crippen LogP contribution in [0, 0.1) is 0 Å². The third-order valence-electron chi connectivity index (χ3n) is 3.98. The molecule has 8 nitrogen and oxygen atoms in total. The Labute approximate surface area is 132 Å². The summed E-state index contributed by atoms with van der Waals surface area (Å²) in [7, 11) is 0. The van der Waals surface area contributed by atoms with Crippen LogP contribution in [0.25, 0.3) is 6.20 Å². The van der Waals surface area contributed by atoms with Crippen LogP contribution in [-0.2, 0) is 22.6 Å². The van der Waals surface area contributed by atoms with Gasteiger partial charge in [-0.05, 0) is 19.3 Å². The average Bonchev–Trinajstić information content (AvgIpc) is 3.41. The van der Waals surface area contributed by atoms with Crippen molar-refractivity contribution in [3.63, 3.8) is 0 Å². The van der Waals surface area contributed by atoms with Crippen molar-refractivity contribution in [2.45, 2.75) is 51.5 Å². The van der Waals surface area contributed by atoms with Crippen molar-refractivity contribution >= 4 is 6.20 Å². The minimum Gasteiger partial charge on any atom is -0.373 e. The van der Waals surface area contributed by atoms with Crippen LogP contribution in [0.4, 0.5) is 0 Å². The predicted molar refractivity (Wildman–Crippen MR) is 83.6 cm³/mol. The number of ether oxygens (including phenoxy) is 2. The highest BCUT2D eigenvalue weighted by Gasteiger charge is 2.25. The molecule has 3 heterocycles. The summed E-state index contributed by atoms with van der Waals surface area (Å²) in [6, 6.07) is 0. The van der Waals surface area contributed by atoms with Crippen LogP contribution in [0.15, 0.2) is 20.5 Å². The Balaban J connectivity index is 1.99. The lowest BCUT2D eigenvalue weighted by molar-refractivity contribution is 0.364. The first-order valence-corrected chi connectivity index (χ1v) is 7.98. The summed E-state index contributed by atoms with van der Waals surface area (Å²) >= 11 is 0. The highest BCUT2D eigenvalue weighted by Crippen LogP contribution is 2.14. The van der Waals surface area contributed by atoms with Gasteiger partial charge in [-0.1, -0.05) is 13.0 Å². The fraction of sp³-hybridized carbons (Fsp3) is 0.667. The van der Waals surface area contributed by atoms with Crippen LogP contribution in [-0.4, -0.2) is 39.1 Å². The molecule has 0 amide bonds. The Hall–Kier alpha value is -1.93. The quantitative estimate of drug-likeness (QED) is 0.609. The van der Waals surface area contributed by atoms with Crippen molar-refractivity contribution in [3.05, 3.63) is 37.5 Å². The summed E-state index contributed by atoms with van der Waals surface area (Å²) in [6.45, 7) is 3.74. The highest BCUT2D eigenvalue weighted by atomic mass is 16.6. The molecule has 2 atom stereocenters. The molecule has 0 N–H and O–H groups in total. The summed E-state index contributed by atoms with van der Waals surface area (Å²) in [5.41, 5.74) is -1.74. The van der Waals surface area contributed by atoms with Gasteiger partial charge in [0.25, 0.3) is 0 Å². The Bertz CT molecular complexity index is 711. The zero-order valence-corrected chi connectivity index (χ0v) is 13.1. The van der Waals surface area contributed by atoms with E-state index in [1.165, 1.54) is 6.20 Å². The minimum absolute atomic E-state index is 0.112. The van der Waals surface area contributed by atoms with Gasteiger partial charge in [-0.3, -0.25) is 0 Å². The van der Waals surface area contributed by atoms with E-state index in [1.54, 1.807) is 6.08 Å². The van der Waals surface area contributed by atoms with E-state index < -0.39 is 17.1 Å². The number of aromatic nitrogens is 3. The Morgan fingerprint density at radius 3 is 1.83 bits per heavy atom. The van der Waals surface area contributed by atoms with E-state index in [1.807, 2.05) is 6.92 Å². The van der Waals surface area contributed by atoms with E-state index in [-0.39, 0.29) is 25.3 Å². The first-order chi connectivity index (χ1) is 11.1. The van der Waals surface area contributed by atoms with Gasteiger partial charge in [0.1, 0.15) is 0 Å². The molecule has 2 saturated heterocycles. The molecule has 2 unspecified atom stereocenters. The van der Waals surface area contributed by atoms with Crippen molar-refractivity contribution in [2.75, 3.05) is 13.2 Å². The summed E-state index contributed by atoms with van der Waals surface area (Å²) in [5.74, 6) is 0. The number of epoxide rings is 2. The van der Waals surface area contributed by atoms with Crippen molar-refractivity contribution in [3.8, 4) is 0 Å². The number of allylic oxidation sites excluding steroid dienone is 1. The zero-order valence-electron chi connectivity index (χ0n) is 13.1. The molecule has 1 aromatic rings. The van der Waals surface area contributed by atoms with E-state index in [9.17, 15) is 14.4 Å². The minimum atomic E-state index is -0.593. The topological polar surface area (TPSA) is 91.1 Å². The summed E-state index contributed by atoms with van der Waals surface area (Å²) < 4.78 is 13.5. The van der Waals surface area contributed by atoms with Gasteiger partial charge in [0.05, 0.1) is 25.4 Å². The fourth-order valence-electron chi connectivity index (χ4n) is 2.39. The Kier molecular flexibility index (Phi) is 4.63. The van der Waals surface area contributed by atoms with Crippen LogP contribution in [0.1, 0.15) is 26.2 Å². The van der Waals surface area contributed by atoms with Gasteiger partial charge >= 0.3 is 17.1 Å². The van der Waals surface area contributed by atoms with E-state index in [0.717, 1.165) is 13.7 Å². The molecule has 2 aliphatic rings. The molecular formula is C15H21N3O5. The average molecular weight is 323 g/mol. The number of nitrogens with zero attached hydrogens (tertiary/aromatic N) is 3. The molecule has 0 aliphatic carbocycles. The number of hydrogen-bond acceptors (Lipinski definition) is 5. The van der Waals surface area contributed by atoms with E-state index in [2.05, 4.69) is 0 Å². The molecule has 0 spiro atoms. The van der Waals surface area contributed by atoms with Crippen molar-refractivity contribution in [1.29, 1.82) is 0 Å². The Morgan fingerprint density at radius 1 is 0.957 bits per heavy atom. The molecule has 126 valence electrons. The second-order valence-electron chi connectivity index (χ2n) is 5.80. The Morgan fingerprint density at radius 2 is 1.43 bits per heavy atom. The molecule has 3 rings (SSSR count). The predicted octanol–water partition coefficient (Wildman–Crippen LogP) is -0.370. The fourth-order valence-corrected chi connectivity index (χ4v) is 2.39. The van der Waals surface area contributed by atoms with Gasteiger partial charge in [-0.2, -0.15) is 0 Å². The molecule has 0 bridgehead atoms. The van der Waals surface area contributed by atoms with Gasteiger partial charge in [-0.15, -0.1) is 0 Å². The monoisotopic (exact) mass is 323 g/mol. The summed E-state index contributed by atoms with van der Waals surface area (Å²) in [4.78, 5) is 37.4. The first kappa shape index (κ1) is 15.9. The van der Waals surface area contributed by atoms with Crippen molar-refractivity contribution < 1.29 is 9.47 Å². The number of rotatable bonds is 8. The van der Waals surface area contributed by atoms with Crippen LogP contribution in [0.3, 0.4) is 0 Å². The molecule has 2 fully saturated rings. The molecule has 1 aromatic heterocycles. The molecule has 0 aromatic carbocycles. The summed E-state index contributed by atoms with van der Waals surface area (Å²) in [6.07, 6.45) is 5.26. The van der Waals surface area contributed by atoms with Gasteiger partial charge in [0, 0.05) is 19.3 Å². The van der Waals surface area contributed by atoms with Crippen LogP contribution < -0.4 is 17.1 Å².